The molecule has 1 amide bonds. The van der Waals surface area contributed by atoms with Crippen LogP contribution in [0.15, 0.2) is 60.7 Å². The van der Waals surface area contributed by atoms with Crippen molar-refractivity contribution < 1.29 is 19.0 Å². The van der Waals surface area contributed by atoms with Crippen molar-refractivity contribution in [2.45, 2.75) is 12.2 Å². The monoisotopic (exact) mass is 362 g/mol. The number of carbonyl (C=O) groups is 1. The van der Waals surface area contributed by atoms with Crippen LogP contribution in [0.2, 0.25) is 0 Å². The molecule has 1 aromatic heterocycles. The Balaban J connectivity index is 1.19. The molecule has 0 aliphatic carbocycles. The van der Waals surface area contributed by atoms with Gasteiger partial charge in [-0.05, 0) is 24.3 Å². The number of hydrogen-bond donors (Lipinski definition) is 0. The highest BCUT2D eigenvalue weighted by molar-refractivity contribution is 5.83. The molecule has 5 rings (SSSR count). The zero-order chi connectivity index (χ0) is 18.2. The highest BCUT2D eigenvalue weighted by Gasteiger charge is 2.38. The van der Waals surface area contributed by atoms with Crippen LogP contribution >= 0.6 is 0 Å². The molecule has 2 aliphatic heterocycles. The lowest BCUT2D eigenvalue weighted by Gasteiger charge is -2.40. The van der Waals surface area contributed by atoms with E-state index in [1.807, 2.05) is 60.7 Å². The van der Waals surface area contributed by atoms with Crippen LogP contribution in [0.1, 0.15) is 0 Å². The molecule has 1 unspecified atom stereocenters. The Morgan fingerprint density at radius 1 is 1.00 bits per heavy atom. The molecule has 6 heteroatoms. The zero-order valence-corrected chi connectivity index (χ0v) is 14.6. The van der Waals surface area contributed by atoms with E-state index in [4.69, 9.17) is 14.2 Å². The van der Waals surface area contributed by atoms with Gasteiger partial charge in [0.05, 0.1) is 18.6 Å². The Kier molecular flexibility index (Phi) is 3.81. The summed E-state index contributed by atoms with van der Waals surface area (Å²) in [6, 6.07) is 19.1. The molecule has 2 aromatic carbocycles. The number of aromatic nitrogens is 1. The molecule has 1 atom stereocenters. The van der Waals surface area contributed by atoms with Crippen LogP contribution in [-0.4, -0.2) is 47.7 Å². The van der Waals surface area contributed by atoms with Crippen LogP contribution in [-0.2, 0) is 4.79 Å². The number of carbonyl (C=O) groups excluding carboxylic acids is 1. The summed E-state index contributed by atoms with van der Waals surface area (Å²) in [5.41, 5.74) is 0.897. The maximum absolute atomic E-state index is 12.6. The van der Waals surface area contributed by atoms with E-state index in [2.05, 4.69) is 4.98 Å². The molecule has 0 bridgehead atoms. The number of hydrogen-bond acceptors (Lipinski definition) is 5. The van der Waals surface area contributed by atoms with Crippen molar-refractivity contribution in [3.63, 3.8) is 0 Å². The first kappa shape index (κ1) is 15.9. The molecular formula is C21H18N2O4. The number of rotatable bonds is 3. The maximum Gasteiger partial charge on any atom is 0.267 e. The third-order valence-corrected chi connectivity index (χ3v) is 4.80. The predicted molar refractivity (Wildman–Crippen MR) is 99.1 cm³/mol. The first-order valence-electron chi connectivity index (χ1n) is 8.96. The molecule has 6 nitrogen and oxygen atoms in total. The summed E-state index contributed by atoms with van der Waals surface area (Å²) < 4.78 is 17.3. The van der Waals surface area contributed by atoms with Gasteiger partial charge in [0, 0.05) is 11.5 Å². The number of ether oxygens (including phenoxy) is 3. The van der Waals surface area contributed by atoms with Crippen molar-refractivity contribution in [2.75, 3.05) is 19.7 Å². The van der Waals surface area contributed by atoms with Gasteiger partial charge in [-0.25, -0.2) is 4.98 Å². The van der Waals surface area contributed by atoms with E-state index < -0.39 is 6.10 Å². The van der Waals surface area contributed by atoms with Crippen LogP contribution in [0.3, 0.4) is 0 Å². The van der Waals surface area contributed by atoms with Crippen LogP contribution in [0.4, 0.5) is 0 Å². The van der Waals surface area contributed by atoms with E-state index in [1.54, 1.807) is 4.90 Å². The molecule has 3 aromatic rings. The summed E-state index contributed by atoms with van der Waals surface area (Å²) in [7, 11) is 0. The molecule has 0 N–H and O–H groups in total. The minimum atomic E-state index is -0.611. The minimum Gasteiger partial charge on any atom is -0.485 e. The Hall–Kier alpha value is -3.28. The smallest absolute Gasteiger partial charge is 0.267 e. The second-order valence-electron chi connectivity index (χ2n) is 6.69. The lowest BCUT2D eigenvalue weighted by molar-refractivity contribution is -0.150. The third-order valence-electron chi connectivity index (χ3n) is 4.80. The van der Waals surface area contributed by atoms with Crippen molar-refractivity contribution in [1.29, 1.82) is 0 Å². The number of para-hydroxylation sites is 3. The van der Waals surface area contributed by atoms with Gasteiger partial charge in [0.2, 0.25) is 12.0 Å². The fraction of sp³-hybridized carbons (Fsp3) is 0.238. The first-order valence-corrected chi connectivity index (χ1v) is 8.96. The Labute approximate surface area is 156 Å². The first-order chi connectivity index (χ1) is 13.3. The van der Waals surface area contributed by atoms with Crippen LogP contribution < -0.4 is 14.2 Å². The second kappa shape index (κ2) is 6.46. The van der Waals surface area contributed by atoms with Gasteiger partial charge in [-0.3, -0.25) is 4.79 Å². The SMILES string of the molecule is O=C(C1COc2ccccc2O1)N1CC(Oc2ccc3ccccc3n2)C1. The van der Waals surface area contributed by atoms with Crippen LogP contribution in [0.5, 0.6) is 17.4 Å². The lowest BCUT2D eigenvalue weighted by Crippen LogP contribution is -2.60. The van der Waals surface area contributed by atoms with Gasteiger partial charge < -0.3 is 19.1 Å². The summed E-state index contributed by atoms with van der Waals surface area (Å²) in [6.07, 6.45) is -0.668. The van der Waals surface area contributed by atoms with E-state index in [0.29, 0.717) is 30.5 Å². The van der Waals surface area contributed by atoms with E-state index in [9.17, 15) is 4.79 Å². The number of nitrogens with zero attached hydrogens (tertiary/aromatic N) is 2. The molecule has 3 heterocycles. The van der Waals surface area contributed by atoms with Gasteiger partial charge in [0.1, 0.15) is 12.7 Å². The summed E-state index contributed by atoms with van der Waals surface area (Å²) in [5, 5.41) is 1.07. The minimum absolute atomic E-state index is 0.0561. The summed E-state index contributed by atoms with van der Waals surface area (Å²) >= 11 is 0. The van der Waals surface area contributed by atoms with Gasteiger partial charge in [0.25, 0.3) is 5.91 Å². The molecule has 136 valence electrons. The van der Waals surface area contributed by atoms with Crippen molar-refractivity contribution in [3.8, 4) is 17.4 Å². The van der Waals surface area contributed by atoms with Gasteiger partial charge >= 0.3 is 0 Å². The number of fused-ring (bicyclic) bond motifs is 2. The topological polar surface area (TPSA) is 60.9 Å². The predicted octanol–water partition coefficient (Wildman–Crippen LogP) is 2.66. The zero-order valence-electron chi connectivity index (χ0n) is 14.6. The van der Waals surface area contributed by atoms with Crippen molar-refractivity contribution >= 4 is 16.8 Å². The summed E-state index contributed by atoms with van der Waals surface area (Å²) in [6.45, 7) is 1.27. The fourth-order valence-electron chi connectivity index (χ4n) is 3.32. The standard InChI is InChI=1S/C21H18N2O4/c24-21(19-13-25-17-7-3-4-8-18(17)27-19)23-11-15(12-23)26-20-10-9-14-5-1-2-6-16(14)22-20/h1-10,15,19H,11-13H2. The summed E-state index contributed by atoms with van der Waals surface area (Å²) in [5.74, 6) is 1.79. The van der Waals surface area contributed by atoms with Crippen LogP contribution in [0.25, 0.3) is 10.9 Å². The number of benzene rings is 2. The Morgan fingerprint density at radius 2 is 1.78 bits per heavy atom. The molecule has 2 aliphatic rings. The quantitative estimate of drug-likeness (QED) is 0.717. The maximum atomic E-state index is 12.6. The van der Waals surface area contributed by atoms with Gasteiger partial charge in [-0.1, -0.05) is 30.3 Å². The van der Waals surface area contributed by atoms with E-state index in [-0.39, 0.29) is 18.6 Å². The highest BCUT2D eigenvalue weighted by Crippen LogP contribution is 2.31. The molecule has 1 saturated heterocycles. The highest BCUT2D eigenvalue weighted by atomic mass is 16.6. The van der Waals surface area contributed by atoms with Gasteiger partial charge in [-0.2, -0.15) is 0 Å². The van der Waals surface area contributed by atoms with Crippen molar-refractivity contribution in [3.05, 3.63) is 60.7 Å². The number of likely N-dealkylation sites (tertiary alicyclic amines) is 1. The van der Waals surface area contributed by atoms with Crippen molar-refractivity contribution in [1.82, 2.24) is 9.88 Å². The van der Waals surface area contributed by atoms with E-state index in [0.717, 1.165) is 10.9 Å². The molecule has 0 spiro atoms. The van der Waals surface area contributed by atoms with Gasteiger partial charge in [-0.15, -0.1) is 0 Å². The van der Waals surface area contributed by atoms with Crippen molar-refractivity contribution in [2.24, 2.45) is 0 Å². The molecule has 27 heavy (non-hydrogen) atoms. The largest absolute Gasteiger partial charge is 0.485 e. The Morgan fingerprint density at radius 3 is 2.67 bits per heavy atom. The fourth-order valence-corrected chi connectivity index (χ4v) is 3.32. The van der Waals surface area contributed by atoms with E-state index >= 15 is 0 Å². The van der Waals surface area contributed by atoms with Crippen LogP contribution in [0, 0.1) is 0 Å². The average Bonchev–Trinajstić information content (AvgIpc) is 2.69. The lowest BCUT2D eigenvalue weighted by atomic mass is 10.1. The molecular weight excluding hydrogens is 344 g/mol. The van der Waals surface area contributed by atoms with Gasteiger partial charge in [0.15, 0.2) is 11.5 Å². The number of amides is 1. The number of pyridine rings is 1. The normalized spacial score (nSPS) is 18.8. The third kappa shape index (κ3) is 3.03. The molecule has 1 fully saturated rings. The second-order valence-corrected chi connectivity index (χ2v) is 6.69. The average molecular weight is 362 g/mol. The molecule has 0 saturated carbocycles. The Bertz CT molecular complexity index is 1000. The molecule has 0 radical (unpaired) electrons. The summed E-state index contributed by atoms with van der Waals surface area (Å²) in [4.78, 5) is 18.9. The van der Waals surface area contributed by atoms with E-state index in [1.165, 1.54) is 0 Å².